The topological polar surface area (TPSA) is 223 Å². The highest BCUT2D eigenvalue weighted by atomic mass is 16.6. The van der Waals surface area contributed by atoms with Crippen LogP contribution in [-0.2, 0) is 19.2 Å². The Labute approximate surface area is 212 Å². The van der Waals surface area contributed by atoms with Crippen LogP contribution in [0, 0.1) is 10.1 Å². The minimum absolute atomic E-state index is 0.0377. The minimum Gasteiger partial charge on any atom is -0.481 e. The summed E-state index contributed by atoms with van der Waals surface area (Å²) in [5, 5.41) is 30.8. The predicted molar refractivity (Wildman–Crippen MR) is 132 cm³/mol. The Morgan fingerprint density at radius 3 is 2.38 bits per heavy atom. The number of nitrogens with zero attached hydrogens (tertiary/aromatic N) is 1. The van der Waals surface area contributed by atoms with Crippen LogP contribution in [0.4, 0.5) is 11.4 Å². The Hall–Kier alpha value is -4.23. The number of primary amides is 1. The molecule has 0 aromatic heterocycles. The summed E-state index contributed by atoms with van der Waals surface area (Å²) in [4.78, 5) is 73.0. The summed E-state index contributed by atoms with van der Waals surface area (Å²) in [5.41, 5.74) is 5.10. The molecule has 0 radical (unpaired) electrons. The van der Waals surface area contributed by atoms with Gasteiger partial charge >= 0.3 is 5.97 Å². The number of hydrogen-bond donors (Lipinski definition) is 6. The van der Waals surface area contributed by atoms with Crippen molar-refractivity contribution in [3.05, 3.63) is 33.9 Å². The molecule has 1 heterocycles. The molecule has 0 aliphatic carbocycles. The predicted octanol–water partition coefficient (Wildman–Crippen LogP) is 0.409. The number of carboxylic acid groups (broad SMARTS) is 1. The lowest BCUT2D eigenvalue weighted by Gasteiger charge is -2.26. The van der Waals surface area contributed by atoms with E-state index in [4.69, 9.17) is 10.8 Å². The van der Waals surface area contributed by atoms with Crippen LogP contribution in [-0.4, -0.2) is 64.3 Å². The van der Waals surface area contributed by atoms with Crippen LogP contribution in [0.1, 0.15) is 62.2 Å². The van der Waals surface area contributed by atoms with Crippen LogP contribution in [0.15, 0.2) is 18.2 Å². The maximum atomic E-state index is 13.1. The maximum Gasteiger partial charge on any atom is 0.303 e. The van der Waals surface area contributed by atoms with Gasteiger partial charge < -0.3 is 32.1 Å². The number of nitrogens with one attached hydrogen (secondary N) is 4. The number of non-ortho nitro benzene ring substituents is 1. The second kappa shape index (κ2) is 13.8. The molecule has 0 saturated carbocycles. The molecule has 1 aliphatic rings. The zero-order valence-electron chi connectivity index (χ0n) is 20.5. The van der Waals surface area contributed by atoms with Gasteiger partial charge in [-0.25, -0.2) is 0 Å². The molecule has 0 fully saturated rings. The highest BCUT2D eigenvalue weighted by Gasteiger charge is 2.30. The van der Waals surface area contributed by atoms with Crippen molar-refractivity contribution in [1.29, 1.82) is 0 Å². The van der Waals surface area contributed by atoms with Gasteiger partial charge in [-0.15, -0.1) is 0 Å². The standard InChI is InChI=1S/C23H32N6O8/c1-2-3-4-5-17-22(34)26-16(20(24)32)10-11-25-15-7-6-13(29(36)37)12-14(15)21(33)27-18(23(35)28-17)8-9-19(30)31/h6-7,12,16-18,25H,2-5,8-11H2,1H3,(H2,24,32)(H,26,34)(H,27,33)(H,28,35)(H,30,31)/t16-,17?,18?/m0/s1. The number of amides is 4. The number of carboxylic acids is 1. The fourth-order valence-corrected chi connectivity index (χ4v) is 3.81. The van der Waals surface area contributed by atoms with Gasteiger partial charge in [0.2, 0.25) is 17.7 Å². The highest BCUT2D eigenvalue weighted by Crippen LogP contribution is 2.23. The number of fused-ring (bicyclic) bond motifs is 1. The molecule has 2 unspecified atom stereocenters. The van der Waals surface area contributed by atoms with E-state index in [1.807, 2.05) is 6.92 Å². The molecule has 0 spiro atoms. The van der Waals surface area contributed by atoms with Crippen LogP contribution < -0.4 is 27.0 Å². The molecule has 14 heteroatoms. The largest absolute Gasteiger partial charge is 0.481 e. The summed E-state index contributed by atoms with van der Waals surface area (Å²) in [5.74, 6) is -4.31. The first-order valence-electron chi connectivity index (χ1n) is 12.0. The number of carbonyl (C=O) groups excluding carboxylic acids is 4. The van der Waals surface area contributed by atoms with Gasteiger partial charge in [0.05, 0.1) is 10.5 Å². The Balaban J connectivity index is 2.48. The second-order valence-electron chi connectivity index (χ2n) is 8.68. The molecule has 37 heavy (non-hydrogen) atoms. The lowest BCUT2D eigenvalue weighted by Crippen LogP contribution is -2.56. The fourth-order valence-electron chi connectivity index (χ4n) is 3.81. The molecule has 202 valence electrons. The molecular weight excluding hydrogens is 488 g/mol. The number of nitro groups is 1. The molecule has 0 bridgehead atoms. The maximum absolute atomic E-state index is 13.1. The molecule has 1 aromatic carbocycles. The SMILES string of the molecule is CCCCCC1NC(=O)C(CCC(=O)O)NC(=O)c2cc([N+](=O)[O-])ccc2NCC[C@@H](C(N)=O)NC1=O. The molecule has 1 aliphatic heterocycles. The van der Waals surface area contributed by atoms with Gasteiger partial charge in [0.1, 0.15) is 18.1 Å². The van der Waals surface area contributed by atoms with Gasteiger partial charge in [-0.05, 0) is 25.3 Å². The Kier molecular flexibility index (Phi) is 10.8. The average molecular weight is 521 g/mol. The van der Waals surface area contributed by atoms with Gasteiger partial charge in [0.25, 0.3) is 11.6 Å². The zero-order chi connectivity index (χ0) is 27.5. The molecule has 1 aromatic rings. The summed E-state index contributed by atoms with van der Waals surface area (Å²) in [6.45, 7) is 2.03. The summed E-state index contributed by atoms with van der Waals surface area (Å²) in [7, 11) is 0. The normalized spacial score (nSPS) is 20.8. The number of anilines is 1. The van der Waals surface area contributed by atoms with E-state index in [9.17, 15) is 34.1 Å². The van der Waals surface area contributed by atoms with E-state index in [2.05, 4.69) is 21.3 Å². The second-order valence-corrected chi connectivity index (χ2v) is 8.68. The third-order valence-electron chi connectivity index (χ3n) is 5.87. The number of nitrogens with two attached hydrogens (primary N) is 1. The lowest BCUT2D eigenvalue weighted by atomic mass is 10.0. The van der Waals surface area contributed by atoms with Crippen molar-refractivity contribution in [2.75, 3.05) is 11.9 Å². The summed E-state index contributed by atoms with van der Waals surface area (Å²) in [6, 6.07) is -0.0118. The zero-order valence-corrected chi connectivity index (χ0v) is 20.5. The van der Waals surface area contributed by atoms with Gasteiger partial charge in [-0.2, -0.15) is 0 Å². The van der Waals surface area contributed by atoms with Crippen LogP contribution in [0.2, 0.25) is 0 Å². The van der Waals surface area contributed by atoms with E-state index < -0.39 is 59.1 Å². The molecule has 14 nitrogen and oxygen atoms in total. The van der Waals surface area contributed by atoms with E-state index in [1.54, 1.807) is 0 Å². The molecule has 3 atom stereocenters. The average Bonchev–Trinajstić information content (AvgIpc) is 2.84. The van der Waals surface area contributed by atoms with Crippen LogP contribution in [0.3, 0.4) is 0 Å². The van der Waals surface area contributed by atoms with Gasteiger partial charge in [0.15, 0.2) is 0 Å². The van der Waals surface area contributed by atoms with E-state index >= 15 is 0 Å². The van der Waals surface area contributed by atoms with Crippen molar-refractivity contribution in [3.63, 3.8) is 0 Å². The molecule has 2 rings (SSSR count). The Bertz CT molecular complexity index is 1050. The Morgan fingerprint density at radius 1 is 1.08 bits per heavy atom. The first-order valence-corrected chi connectivity index (χ1v) is 12.0. The van der Waals surface area contributed by atoms with E-state index in [1.165, 1.54) is 12.1 Å². The third kappa shape index (κ3) is 8.74. The summed E-state index contributed by atoms with van der Waals surface area (Å²) >= 11 is 0. The van der Waals surface area contributed by atoms with Gasteiger partial charge in [-0.1, -0.05) is 26.2 Å². The first kappa shape index (κ1) is 29.0. The number of hydrogen-bond acceptors (Lipinski definition) is 8. The van der Waals surface area contributed by atoms with E-state index in [0.717, 1.165) is 18.9 Å². The van der Waals surface area contributed by atoms with Gasteiger partial charge in [-0.3, -0.25) is 34.1 Å². The summed E-state index contributed by atoms with van der Waals surface area (Å²) in [6.07, 6.45) is 1.73. The smallest absolute Gasteiger partial charge is 0.303 e. The minimum atomic E-state index is -1.35. The first-order chi connectivity index (χ1) is 17.5. The number of unbranched alkanes of at least 4 members (excludes halogenated alkanes) is 2. The molecule has 0 saturated heterocycles. The molecule has 4 amide bonds. The number of rotatable bonds is 9. The van der Waals surface area contributed by atoms with E-state index in [-0.39, 0.29) is 42.7 Å². The van der Waals surface area contributed by atoms with Crippen LogP contribution >= 0.6 is 0 Å². The van der Waals surface area contributed by atoms with Crippen molar-refractivity contribution < 1.29 is 34.0 Å². The lowest BCUT2D eigenvalue weighted by molar-refractivity contribution is -0.384. The summed E-state index contributed by atoms with van der Waals surface area (Å²) < 4.78 is 0. The van der Waals surface area contributed by atoms with Crippen LogP contribution in [0.5, 0.6) is 0 Å². The number of aliphatic carboxylic acids is 1. The van der Waals surface area contributed by atoms with Crippen molar-refractivity contribution in [2.24, 2.45) is 5.73 Å². The number of benzene rings is 1. The van der Waals surface area contributed by atoms with Crippen molar-refractivity contribution in [1.82, 2.24) is 16.0 Å². The third-order valence-corrected chi connectivity index (χ3v) is 5.87. The Morgan fingerprint density at radius 2 is 1.76 bits per heavy atom. The number of nitro benzene ring substituents is 1. The van der Waals surface area contributed by atoms with Crippen molar-refractivity contribution in [3.8, 4) is 0 Å². The van der Waals surface area contributed by atoms with E-state index in [0.29, 0.717) is 6.42 Å². The van der Waals surface area contributed by atoms with Crippen molar-refractivity contribution in [2.45, 2.75) is 70.0 Å². The monoisotopic (exact) mass is 520 g/mol. The highest BCUT2D eigenvalue weighted by molar-refractivity contribution is 6.03. The van der Waals surface area contributed by atoms with Crippen molar-refractivity contribution >= 4 is 41.0 Å². The molecule has 7 N–H and O–H groups in total. The quantitative estimate of drug-likeness (QED) is 0.150. The molecular formula is C23H32N6O8. The number of carbonyl (C=O) groups is 5. The van der Waals surface area contributed by atoms with Gasteiger partial charge in [0, 0.05) is 30.8 Å². The fraction of sp³-hybridized carbons (Fsp3) is 0.522. The van der Waals surface area contributed by atoms with Crippen LogP contribution in [0.25, 0.3) is 0 Å².